The first-order valence-electron chi connectivity index (χ1n) is 9.57. The molecule has 1 aliphatic rings. The third kappa shape index (κ3) is 5.15. The van der Waals surface area contributed by atoms with Gasteiger partial charge in [-0.2, -0.15) is 5.10 Å². The fourth-order valence-electron chi connectivity index (χ4n) is 3.34. The molecule has 1 fully saturated rings. The van der Waals surface area contributed by atoms with Crippen LogP contribution in [0, 0.1) is 5.92 Å². The molecular weight excluding hydrogens is 340 g/mol. The topological polar surface area (TPSA) is 66.7 Å². The summed E-state index contributed by atoms with van der Waals surface area (Å²) in [5.74, 6) is 2.36. The van der Waals surface area contributed by atoms with Crippen LogP contribution in [0.25, 0.3) is 0 Å². The number of methoxy groups -OCH3 is 1. The van der Waals surface area contributed by atoms with E-state index in [1.165, 1.54) is 12.1 Å². The van der Waals surface area contributed by atoms with Gasteiger partial charge in [0, 0.05) is 51.2 Å². The van der Waals surface area contributed by atoms with Crippen LogP contribution in [-0.2, 0) is 13.6 Å². The van der Waals surface area contributed by atoms with Crippen LogP contribution in [0.3, 0.4) is 0 Å². The molecule has 27 heavy (non-hydrogen) atoms. The van der Waals surface area contributed by atoms with Gasteiger partial charge in [0.15, 0.2) is 5.96 Å². The molecule has 7 nitrogen and oxygen atoms in total. The Labute approximate surface area is 161 Å². The van der Waals surface area contributed by atoms with Crippen LogP contribution >= 0.6 is 0 Å². The Morgan fingerprint density at radius 1 is 1.33 bits per heavy atom. The van der Waals surface area contributed by atoms with E-state index < -0.39 is 0 Å². The normalized spacial score (nSPS) is 17.2. The van der Waals surface area contributed by atoms with E-state index in [0.717, 1.165) is 43.6 Å². The lowest BCUT2D eigenvalue weighted by Crippen LogP contribution is -2.40. The average Bonchev–Trinajstić information content (AvgIpc) is 3.33. The summed E-state index contributed by atoms with van der Waals surface area (Å²) in [6.45, 7) is 6.58. The Hall–Kier alpha value is -2.70. The summed E-state index contributed by atoms with van der Waals surface area (Å²) in [6, 6.07) is 10.3. The second-order valence-corrected chi connectivity index (χ2v) is 6.82. The Bertz CT molecular complexity index is 756. The van der Waals surface area contributed by atoms with Crippen molar-refractivity contribution in [2.24, 2.45) is 18.0 Å². The van der Waals surface area contributed by atoms with Crippen molar-refractivity contribution in [3.63, 3.8) is 0 Å². The predicted octanol–water partition coefficient (Wildman–Crippen LogP) is 2.01. The standard InChI is InChI=1S/C20H30N6O/c1-4-21-20(23-14-18-8-10-24-25(18)2)22-13-16-9-11-26(15-16)17-6-5-7-19(12-17)27-3/h5-8,10,12,16H,4,9,11,13-15H2,1-3H3,(H2,21,22,23). The van der Waals surface area contributed by atoms with Gasteiger partial charge in [0.1, 0.15) is 5.75 Å². The highest BCUT2D eigenvalue weighted by atomic mass is 16.5. The smallest absolute Gasteiger partial charge is 0.191 e. The number of aromatic nitrogens is 2. The molecule has 0 spiro atoms. The number of anilines is 1. The molecule has 2 aromatic rings. The zero-order chi connectivity index (χ0) is 19.1. The molecule has 146 valence electrons. The highest BCUT2D eigenvalue weighted by Gasteiger charge is 2.23. The van der Waals surface area contributed by atoms with E-state index in [9.17, 15) is 0 Å². The number of hydrogen-bond acceptors (Lipinski definition) is 4. The van der Waals surface area contributed by atoms with Gasteiger partial charge in [0.05, 0.1) is 19.3 Å². The maximum atomic E-state index is 5.34. The van der Waals surface area contributed by atoms with E-state index in [-0.39, 0.29) is 0 Å². The van der Waals surface area contributed by atoms with E-state index in [1.807, 2.05) is 29.9 Å². The van der Waals surface area contributed by atoms with Gasteiger partial charge in [-0.15, -0.1) is 0 Å². The second-order valence-electron chi connectivity index (χ2n) is 6.82. The number of benzene rings is 1. The van der Waals surface area contributed by atoms with E-state index in [1.54, 1.807) is 13.3 Å². The summed E-state index contributed by atoms with van der Waals surface area (Å²) < 4.78 is 7.20. The minimum atomic E-state index is 0.594. The average molecular weight is 371 g/mol. The van der Waals surface area contributed by atoms with E-state index in [4.69, 9.17) is 4.74 Å². The largest absolute Gasteiger partial charge is 0.497 e. The molecule has 1 aliphatic heterocycles. The quantitative estimate of drug-likeness (QED) is 0.577. The lowest BCUT2D eigenvalue weighted by atomic mass is 10.1. The SMILES string of the molecule is CCNC(=NCc1ccnn1C)NCC1CCN(c2cccc(OC)c2)C1. The lowest BCUT2D eigenvalue weighted by molar-refractivity contribution is 0.415. The molecule has 7 heteroatoms. The van der Waals surface area contributed by atoms with Gasteiger partial charge >= 0.3 is 0 Å². The first kappa shape index (κ1) is 19.1. The third-order valence-electron chi connectivity index (χ3n) is 4.93. The molecule has 1 aromatic heterocycles. The molecule has 0 aliphatic carbocycles. The minimum absolute atomic E-state index is 0.594. The third-order valence-corrected chi connectivity index (χ3v) is 4.93. The molecule has 2 N–H and O–H groups in total. The van der Waals surface area contributed by atoms with Gasteiger partial charge in [0.2, 0.25) is 0 Å². The van der Waals surface area contributed by atoms with Crippen molar-refractivity contribution in [2.45, 2.75) is 19.9 Å². The van der Waals surface area contributed by atoms with Gasteiger partial charge in [-0.1, -0.05) is 6.07 Å². The number of aryl methyl sites for hydroxylation is 1. The zero-order valence-corrected chi connectivity index (χ0v) is 16.5. The Balaban J connectivity index is 1.52. The van der Waals surface area contributed by atoms with Crippen molar-refractivity contribution in [1.82, 2.24) is 20.4 Å². The van der Waals surface area contributed by atoms with Crippen molar-refractivity contribution in [1.29, 1.82) is 0 Å². The Morgan fingerprint density at radius 3 is 2.96 bits per heavy atom. The number of guanidine groups is 1. The van der Waals surface area contributed by atoms with Crippen molar-refractivity contribution in [3.05, 3.63) is 42.2 Å². The molecule has 3 rings (SSSR count). The summed E-state index contributed by atoms with van der Waals surface area (Å²) in [7, 11) is 3.65. The maximum Gasteiger partial charge on any atom is 0.191 e. The number of ether oxygens (including phenoxy) is 1. The van der Waals surface area contributed by atoms with Gasteiger partial charge in [-0.05, 0) is 37.5 Å². The molecule has 0 radical (unpaired) electrons. The number of nitrogens with one attached hydrogen (secondary N) is 2. The molecule has 0 amide bonds. The number of nitrogens with zero attached hydrogens (tertiary/aromatic N) is 4. The van der Waals surface area contributed by atoms with Crippen LogP contribution in [0.5, 0.6) is 5.75 Å². The van der Waals surface area contributed by atoms with Crippen LogP contribution in [0.1, 0.15) is 19.0 Å². The molecular formula is C20H30N6O. The highest BCUT2D eigenvalue weighted by Crippen LogP contribution is 2.26. The highest BCUT2D eigenvalue weighted by molar-refractivity contribution is 5.79. The van der Waals surface area contributed by atoms with E-state index >= 15 is 0 Å². The number of aliphatic imine (C=N–C) groups is 1. The van der Waals surface area contributed by atoms with Crippen molar-refractivity contribution in [2.75, 3.05) is 38.2 Å². The fourth-order valence-corrected chi connectivity index (χ4v) is 3.34. The first-order valence-corrected chi connectivity index (χ1v) is 9.57. The van der Waals surface area contributed by atoms with Crippen LogP contribution in [0.4, 0.5) is 5.69 Å². The van der Waals surface area contributed by atoms with Crippen LogP contribution in [0.15, 0.2) is 41.5 Å². The summed E-state index contributed by atoms with van der Waals surface area (Å²) in [5, 5.41) is 11.0. The number of hydrogen-bond donors (Lipinski definition) is 2. The van der Waals surface area contributed by atoms with Crippen LogP contribution in [-0.4, -0.2) is 49.0 Å². The van der Waals surface area contributed by atoms with Gasteiger partial charge in [-0.25, -0.2) is 4.99 Å². The predicted molar refractivity (Wildman–Crippen MR) is 109 cm³/mol. The van der Waals surface area contributed by atoms with Crippen molar-refractivity contribution >= 4 is 11.6 Å². The summed E-state index contributed by atoms with van der Waals surface area (Å²) in [5.41, 5.74) is 2.32. The van der Waals surface area contributed by atoms with Gasteiger partial charge in [0.25, 0.3) is 0 Å². The summed E-state index contributed by atoms with van der Waals surface area (Å²) >= 11 is 0. The number of rotatable bonds is 7. The van der Waals surface area contributed by atoms with E-state index in [2.05, 4.69) is 44.7 Å². The molecule has 1 unspecified atom stereocenters. The van der Waals surface area contributed by atoms with E-state index in [0.29, 0.717) is 12.5 Å². The van der Waals surface area contributed by atoms with Crippen LogP contribution in [0.2, 0.25) is 0 Å². The van der Waals surface area contributed by atoms with Gasteiger partial charge < -0.3 is 20.3 Å². The maximum absolute atomic E-state index is 5.34. The summed E-state index contributed by atoms with van der Waals surface area (Å²) in [6.07, 6.45) is 2.97. The Kier molecular flexibility index (Phi) is 6.57. The Morgan fingerprint density at radius 2 is 2.22 bits per heavy atom. The van der Waals surface area contributed by atoms with Crippen LogP contribution < -0.4 is 20.3 Å². The monoisotopic (exact) mass is 370 g/mol. The molecule has 1 saturated heterocycles. The van der Waals surface area contributed by atoms with Crippen molar-refractivity contribution in [3.8, 4) is 5.75 Å². The molecule has 2 heterocycles. The molecule has 1 atom stereocenters. The summed E-state index contributed by atoms with van der Waals surface area (Å²) in [4.78, 5) is 7.11. The lowest BCUT2D eigenvalue weighted by Gasteiger charge is -2.20. The molecule has 0 bridgehead atoms. The molecule has 0 saturated carbocycles. The minimum Gasteiger partial charge on any atom is -0.497 e. The first-order chi connectivity index (χ1) is 13.2. The molecule has 1 aromatic carbocycles. The van der Waals surface area contributed by atoms with Crippen molar-refractivity contribution < 1.29 is 4.74 Å². The fraction of sp³-hybridized carbons (Fsp3) is 0.500. The second kappa shape index (κ2) is 9.30. The van der Waals surface area contributed by atoms with Gasteiger partial charge in [-0.3, -0.25) is 4.68 Å². The zero-order valence-electron chi connectivity index (χ0n) is 16.5.